The Morgan fingerprint density at radius 1 is 0.788 bits per heavy atom. The van der Waals surface area contributed by atoms with Gasteiger partial charge in [0.15, 0.2) is 0 Å². The van der Waals surface area contributed by atoms with Gasteiger partial charge in [-0.2, -0.15) is 0 Å². The third-order valence-corrected chi connectivity index (χ3v) is 5.91. The Kier molecular flexibility index (Phi) is 8.66. The second-order valence-corrected chi connectivity index (χ2v) is 8.66. The normalized spacial score (nSPS) is 11.3. The Morgan fingerprint density at radius 2 is 1.45 bits per heavy atom. The quantitative estimate of drug-likeness (QED) is 0.349. The molecule has 1 unspecified atom stereocenters. The fourth-order valence-electron chi connectivity index (χ4n) is 3.18. The van der Waals surface area contributed by atoms with Crippen LogP contribution in [0.1, 0.15) is 37.5 Å². The van der Waals surface area contributed by atoms with Crippen LogP contribution in [-0.2, 0) is 14.4 Å². The van der Waals surface area contributed by atoms with Crippen LogP contribution in [0.2, 0.25) is 0 Å². The standard InChI is InChI=1S/C26H27N3O3S/c1-3-8-24(31)28-22-11-7-12-23(17-22)33-25(19-9-5-4-6-10-19)26(32)29-21-15-13-20(14-16-21)27-18(2)30/h4-7,9-17,25H,3,8H2,1-2H3,(H,27,30)(H,28,31)(H,29,32). The summed E-state index contributed by atoms with van der Waals surface area (Å²) in [4.78, 5) is 37.3. The van der Waals surface area contributed by atoms with Crippen molar-refractivity contribution in [1.29, 1.82) is 0 Å². The first-order chi connectivity index (χ1) is 15.9. The minimum absolute atomic E-state index is 0.0280. The predicted molar refractivity (Wildman–Crippen MR) is 134 cm³/mol. The minimum Gasteiger partial charge on any atom is -0.326 e. The second kappa shape index (κ2) is 11.9. The fraction of sp³-hybridized carbons (Fsp3) is 0.192. The van der Waals surface area contributed by atoms with Gasteiger partial charge in [-0.25, -0.2) is 0 Å². The predicted octanol–water partition coefficient (Wildman–Crippen LogP) is 5.86. The molecule has 3 N–H and O–H groups in total. The van der Waals surface area contributed by atoms with Crippen molar-refractivity contribution in [2.75, 3.05) is 16.0 Å². The highest BCUT2D eigenvalue weighted by atomic mass is 32.2. The van der Waals surface area contributed by atoms with Crippen LogP contribution in [0.5, 0.6) is 0 Å². The maximum absolute atomic E-state index is 13.3. The molecule has 33 heavy (non-hydrogen) atoms. The zero-order chi connectivity index (χ0) is 23.6. The highest BCUT2D eigenvalue weighted by Crippen LogP contribution is 2.37. The molecule has 6 nitrogen and oxygen atoms in total. The highest BCUT2D eigenvalue weighted by Gasteiger charge is 2.22. The lowest BCUT2D eigenvalue weighted by atomic mass is 10.1. The van der Waals surface area contributed by atoms with Gasteiger partial charge in [-0.3, -0.25) is 14.4 Å². The molecule has 3 amide bonds. The maximum atomic E-state index is 13.3. The molecule has 0 bridgehead atoms. The average molecular weight is 462 g/mol. The number of rotatable bonds is 9. The minimum atomic E-state index is -0.497. The molecule has 0 aliphatic rings. The van der Waals surface area contributed by atoms with Gasteiger partial charge in [-0.1, -0.05) is 43.3 Å². The monoisotopic (exact) mass is 461 g/mol. The van der Waals surface area contributed by atoms with Gasteiger partial charge in [0, 0.05) is 35.3 Å². The lowest BCUT2D eigenvalue weighted by Gasteiger charge is -2.18. The topological polar surface area (TPSA) is 87.3 Å². The second-order valence-electron chi connectivity index (χ2n) is 7.48. The van der Waals surface area contributed by atoms with E-state index in [2.05, 4.69) is 16.0 Å². The van der Waals surface area contributed by atoms with E-state index in [1.807, 2.05) is 61.5 Å². The van der Waals surface area contributed by atoms with E-state index in [0.29, 0.717) is 23.5 Å². The van der Waals surface area contributed by atoms with Gasteiger partial charge < -0.3 is 16.0 Å². The third kappa shape index (κ3) is 7.50. The van der Waals surface area contributed by atoms with E-state index >= 15 is 0 Å². The summed E-state index contributed by atoms with van der Waals surface area (Å²) in [7, 11) is 0. The van der Waals surface area contributed by atoms with Gasteiger partial charge in [-0.15, -0.1) is 11.8 Å². The van der Waals surface area contributed by atoms with Crippen molar-refractivity contribution >= 4 is 46.5 Å². The Bertz CT molecular complexity index is 1100. The highest BCUT2D eigenvalue weighted by molar-refractivity contribution is 8.00. The van der Waals surface area contributed by atoms with Crippen LogP contribution in [0.15, 0.2) is 83.8 Å². The summed E-state index contributed by atoms with van der Waals surface area (Å²) in [6.45, 7) is 3.41. The average Bonchev–Trinajstić information content (AvgIpc) is 2.79. The summed E-state index contributed by atoms with van der Waals surface area (Å²) < 4.78 is 0. The Hall–Kier alpha value is -3.58. The van der Waals surface area contributed by atoms with Crippen LogP contribution >= 0.6 is 11.8 Å². The van der Waals surface area contributed by atoms with Gasteiger partial charge >= 0.3 is 0 Å². The molecule has 170 valence electrons. The van der Waals surface area contributed by atoms with Crippen LogP contribution < -0.4 is 16.0 Å². The lowest BCUT2D eigenvalue weighted by molar-refractivity contribution is -0.116. The molecule has 3 aromatic carbocycles. The molecule has 0 aromatic heterocycles. The molecular formula is C26H27N3O3S. The smallest absolute Gasteiger partial charge is 0.242 e. The molecule has 0 aliphatic heterocycles. The number of amides is 3. The summed E-state index contributed by atoms with van der Waals surface area (Å²) in [6.07, 6.45) is 1.25. The van der Waals surface area contributed by atoms with E-state index in [0.717, 1.165) is 16.9 Å². The summed E-state index contributed by atoms with van der Waals surface area (Å²) >= 11 is 1.41. The zero-order valence-corrected chi connectivity index (χ0v) is 19.4. The van der Waals surface area contributed by atoms with Crippen LogP contribution in [-0.4, -0.2) is 17.7 Å². The summed E-state index contributed by atoms with van der Waals surface area (Å²) in [6, 6.07) is 24.0. The first-order valence-corrected chi connectivity index (χ1v) is 11.6. The van der Waals surface area contributed by atoms with E-state index in [1.54, 1.807) is 24.3 Å². The molecule has 1 atom stereocenters. The van der Waals surface area contributed by atoms with Crippen molar-refractivity contribution in [2.24, 2.45) is 0 Å². The zero-order valence-electron chi connectivity index (χ0n) is 18.6. The molecule has 0 saturated carbocycles. The van der Waals surface area contributed by atoms with Gasteiger partial charge in [0.25, 0.3) is 0 Å². The number of anilines is 3. The van der Waals surface area contributed by atoms with Crippen LogP contribution in [0.3, 0.4) is 0 Å². The van der Waals surface area contributed by atoms with Crippen molar-refractivity contribution in [3.05, 3.63) is 84.4 Å². The summed E-state index contributed by atoms with van der Waals surface area (Å²) in [5.74, 6) is -0.348. The Labute approximate surface area is 198 Å². The van der Waals surface area contributed by atoms with Crippen molar-refractivity contribution < 1.29 is 14.4 Å². The number of thioether (sulfide) groups is 1. The molecule has 7 heteroatoms. The summed E-state index contributed by atoms with van der Waals surface area (Å²) in [5, 5.41) is 8.07. The SMILES string of the molecule is CCCC(=O)Nc1cccc(SC(C(=O)Nc2ccc(NC(C)=O)cc2)c2ccccc2)c1. The van der Waals surface area contributed by atoms with Crippen LogP contribution in [0.25, 0.3) is 0 Å². The number of hydrogen-bond donors (Lipinski definition) is 3. The first kappa shape index (κ1) is 24.1. The van der Waals surface area contributed by atoms with Crippen molar-refractivity contribution in [1.82, 2.24) is 0 Å². The van der Waals surface area contributed by atoms with Gasteiger partial charge in [0.1, 0.15) is 5.25 Å². The van der Waals surface area contributed by atoms with E-state index in [4.69, 9.17) is 0 Å². The number of carbonyl (C=O) groups excluding carboxylic acids is 3. The molecule has 0 fully saturated rings. The molecule has 0 spiro atoms. The van der Waals surface area contributed by atoms with Crippen molar-refractivity contribution in [3.63, 3.8) is 0 Å². The molecule has 0 saturated heterocycles. The largest absolute Gasteiger partial charge is 0.326 e. The van der Waals surface area contributed by atoms with Gasteiger partial charge in [0.2, 0.25) is 17.7 Å². The maximum Gasteiger partial charge on any atom is 0.242 e. The van der Waals surface area contributed by atoms with E-state index < -0.39 is 5.25 Å². The summed E-state index contributed by atoms with van der Waals surface area (Å²) in [5.41, 5.74) is 2.88. The van der Waals surface area contributed by atoms with Crippen molar-refractivity contribution in [2.45, 2.75) is 36.8 Å². The molecule has 3 rings (SSSR count). The fourth-order valence-corrected chi connectivity index (χ4v) is 4.27. The van der Waals surface area contributed by atoms with Crippen LogP contribution in [0.4, 0.5) is 17.1 Å². The Morgan fingerprint density at radius 3 is 2.09 bits per heavy atom. The number of carbonyl (C=O) groups is 3. The van der Waals surface area contributed by atoms with Gasteiger partial charge in [-0.05, 0) is 54.4 Å². The number of hydrogen-bond acceptors (Lipinski definition) is 4. The Balaban J connectivity index is 1.78. The molecule has 0 heterocycles. The molecule has 3 aromatic rings. The van der Waals surface area contributed by atoms with Crippen molar-refractivity contribution in [3.8, 4) is 0 Å². The third-order valence-electron chi connectivity index (χ3n) is 4.66. The molecule has 0 radical (unpaired) electrons. The van der Waals surface area contributed by atoms with E-state index in [-0.39, 0.29) is 17.7 Å². The number of nitrogens with one attached hydrogen (secondary N) is 3. The molecule has 0 aliphatic carbocycles. The van der Waals surface area contributed by atoms with Crippen LogP contribution in [0, 0.1) is 0 Å². The molecular weight excluding hydrogens is 434 g/mol. The number of benzene rings is 3. The first-order valence-electron chi connectivity index (χ1n) is 10.7. The van der Waals surface area contributed by atoms with E-state index in [1.165, 1.54) is 18.7 Å². The lowest BCUT2D eigenvalue weighted by Crippen LogP contribution is -2.19. The van der Waals surface area contributed by atoms with E-state index in [9.17, 15) is 14.4 Å². The van der Waals surface area contributed by atoms with Gasteiger partial charge in [0.05, 0.1) is 0 Å².